The van der Waals surface area contributed by atoms with Crippen molar-refractivity contribution >= 4 is 5.69 Å². The Balaban J connectivity index is 2.39. The van der Waals surface area contributed by atoms with Crippen LogP contribution >= 0.6 is 0 Å². The first-order valence-electron chi connectivity index (χ1n) is 4.45. The van der Waals surface area contributed by atoms with Crippen molar-refractivity contribution in [3.8, 4) is 5.82 Å². The summed E-state index contributed by atoms with van der Waals surface area (Å²) in [5.41, 5.74) is 1.01. The fraction of sp³-hybridized carbons (Fsp3) is 0.200. The van der Waals surface area contributed by atoms with E-state index in [1.165, 1.54) is 0 Å². The summed E-state index contributed by atoms with van der Waals surface area (Å²) in [6.45, 7) is 1.95. The maximum absolute atomic E-state index is 4.31. The predicted octanol–water partition coefficient (Wildman–Crippen LogP) is 1.62. The van der Waals surface area contributed by atoms with E-state index in [1.54, 1.807) is 12.4 Å². The largest absolute Gasteiger partial charge is 0.387 e. The average Bonchev–Trinajstić information content (AvgIpc) is 2.65. The Bertz CT molecular complexity index is 416. The number of imidazole rings is 1. The quantitative estimate of drug-likeness (QED) is 0.778. The average molecular weight is 188 g/mol. The van der Waals surface area contributed by atoms with Gasteiger partial charge >= 0.3 is 0 Å². The smallest absolute Gasteiger partial charge is 0.138 e. The Labute approximate surface area is 82.6 Å². The van der Waals surface area contributed by atoms with Crippen LogP contribution in [0.3, 0.4) is 0 Å². The van der Waals surface area contributed by atoms with Crippen molar-refractivity contribution in [1.29, 1.82) is 0 Å². The predicted molar refractivity (Wildman–Crippen MR) is 55.6 cm³/mol. The molecule has 0 radical (unpaired) electrons. The van der Waals surface area contributed by atoms with Gasteiger partial charge in [-0.1, -0.05) is 0 Å². The molecule has 0 aliphatic heterocycles. The van der Waals surface area contributed by atoms with E-state index in [1.807, 2.05) is 36.9 Å². The van der Waals surface area contributed by atoms with Crippen LogP contribution in [0.2, 0.25) is 0 Å². The molecule has 2 aromatic rings. The molecule has 0 atom stereocenters. The zero-order valence-corrected chi connectivity index (χ0v) is 8.23. The van der Waals surface area contributed by atoms with Gasteiger partial charge in [-0.05, 0) is 19.1 Å². The molecule has 0 spiro atoms. The highest BCUT2D eigenvalue weighted by molar-refractivity contribution is 5.43. The second-order valence-corrected chi connectivity index (χ2v) is 3.00. The van der Waals surface area contributed by atoms with E-state index in [-0.39, 0.29) is 0 Å². The molecular formula is C10H12N4. The van der Waals surface area contributed by atoms with Crippen molar-refractivity contribution in [2.24, 2.45) is 0 Å². The summed E-state index contributed by atoms with van der Waals surface area (Å²) >= 11 is 0. The van der Waals surface area contributed by atoms with Crippen molar-refractivity contribution in [1.82, 2.24) is 14.5 Å². The summed E-state index contributed by atoms with van der Waals surface area (Å²) < 4.78 is 1.94. The third-order valence-electron chi connectivity index (χ3n) is 2.11. The number of hydrogen-bond acceptors (Lipinski definition) is 3. The molecule has 2 rings (SSSR count). The van der Waals surface area contributed by atoms with Gasteiger partial charge in [0.05, 0.1) is 11.9 Å². The van der Waals surface area contributed by atoms with Crippen LogP contribution in [0.1, 0.15) is 5.82 Å². The lowest BCUT2D eigenvalue weighted by Gasteiger charge is -2.04. The SMILES string of the molecule is CNc1ccc(-n2ccnc2C)nc1. The van der Waals surface area contributed by atoms with Gasteiger partial charge in [-0.2, -0.15) is 0 Å². The number of aryl methyl sites for hydroxylation is 1. The van der Waals surface area contributed by atoms with Gasteiger partial charge in [0.25, 0.3) is 0 Å². The minimum absolute atomic E-state index is 0.888. The number of nitrogens with zero attached hydrogens (tertiary/aromatic N) is 3. The van der Waals surface area contributed by atoms with E-state index in [4.69, 9.17) is 0 Å². The highest BCUT2D eigenvalue weighted by Gasteiger charge is 2.00. The van der Waals surface area contributed by atoms with Gasteiger partial charge in [0.1, 0.15) is 11.6 Å². The first-order chi connectivity index (χ1) is 6.81. The summed E-state index contributed by atoms with van der Waals surface area (Å²) in [4.78, 5) is 8.46. The van der Waals surface area contributed by atoms with E-state index in [0.29, 0.717) is 0 Å². The maximum Gasteiger partial charge on any atom is 0.138 e. The molecule has 0 saturated carbocycles. The minimum Gasteiger partial charge on any atom is -0.387 e. The number of rotatable bonds is 2. The molecule has 0 saturated heterocycles. The highest BCUT2D eigenvalue weighted by Crippen LogP contribution is 2.10. The molecule has 14 heavy (non-hydrogen) atoms. The van der Waals surface area contributed by atoms with Crippen LogP contribution < -0.4 is 5.32 Å². The number of hydrogen-bond donors (Lipinski definition) is 1. The minimum atomic E-state index is 0.888. The summed E-state index contributed by atoms with van der Waals surface area (Å²) in [7, 11) is 1.87. The molecule has 72 valence electrons. The number of pyridine rings is 1. The van der Waals surface area contributed by atoms with Gasteiger partial charge in [-0.25, -0.2) is 9.97 Å². The molecule has 1 N–H and O–H groups in total. The summed E-state index contributed by atoms with van der Waals surface area (Å²) in [6.07, 6.45) is 5.47. The molecule has 2 aromatic heterocycles. The first kappa shape index (κ1) is 8.74. The van der Waals surface area contributed by atoms with Crippen LogP contribution in [0.4, 0.5) is 5.69 Å². The standard InChI is InChI=1S/C10H12N4/c1-8-12-5-6-14(8)10-4-3-9(11-2)7-13-10/h3-7,11H,1-2H3. The van der Waals surface area contributed by atoms with Gasteiger partial charge < -0.3 is 5.32 Å². The topological polar surface area (TPSA) is 42.7 Å². The summed E-state index contributed by atoms with van der Waals surface area (Å²) in [5.74, 6) is 1.83. The molecule has 0 aliphatic carbocycles. The molecule has 0 unspecified atom stereocenters. The van der Waals surface area contributed by atoms with Gasteiger partial charge in [-0.15, -0.1) is 0 Å². The lowest BCUT2D eigenvalue weighted by molar-refractivity contribution is 0.933. The molecule has 0 aliphatic rings. The van der Waals surface area contributed by atoms with E-state index < -0.39 is 0 Å². The molecule has 0 bridgehead atoms. The van der Waals surface area contributed by atoms with Crippen LogP contribution in [-0.4, -0.2) is 21.6 Å². The Morgan fingerprint density at radius 2 is 2.14 bits per heavy atom. The van der Waals surface area contributed by atoms with Gasteiger partial charge in [0, 0.05) is 19.4 Å². The first-order valence-corrected chi connectivity index (χ1v) is 4.45. The second-order valence-electron chi connectivity index (χ2n) is 3.00. The molecule has 4 nitrogen and oxygen atoms in total. The summed E-state index contributed by atoms with van der Waals surface area (Å²) in [5, 5.41) is 3.03. The van der Waals surface area contributed by atoms with Crippen LogP contribution in [0.25, 0.3) is 5.82 Å². The van der Waals surface area contributed by atoms with Crippen molar-refractivity contribution in [3.63, 3.8) is 0 Å². The van der Waals surface area contributed by atoms with Crippen molar-refractivity contribution in [2.45, 2.75) is 6.92 Å². The third kappa shape index (κ3) is 1.46. The third-order valence-corrected chi connectivity index (χ3v) is 2.11. The van der Waals surface area contributed by atoms with E-state index in [0.717, 1.165) is 17.3 Å². The van der Waals surface area contributed by atoms with Crippen LogP contribution in [0, 0.1) is 6.92 Å². The second kappa shape index (κ2) is 3.49. The van der Waals surface area contributed by atoms with E-state index >= 15 is 0 Å². The lowest BCUT2D eigenvalue weighted by Crippen LogP contribution is -1.99. The molecule has 0 fully saturated rings. The van der Waals surface area contributed by atoms with Crippen molar-refractivity contribution in [3.05, 3.63) is 36.5 Å². The maximum atomic E-state index is 4.31. The van der Waals surface area contributed by atoms with Gasteiger partial charge in [0.15, 0.2) is 0 Å². The Morgan fingerprint density at radius 1 is 1.29 bits per heavy atom. The zero-order valence-electron chi connectivity index (χ0n) is 8.23. The monoisotopic (exact) mass is 188 g/mol. The van der Waals surface area contributed by atoms with E-state index in [2.05, 4.69) is 15.3 Å². The summed E-state index contributed by atoms with van der Waals surface area (Å²) in [6, 6.07) is 3.95. The normalized spacial score (nSPS) is 10.1. The Morgan fingerprint density at radius 3 is 2.64 bits per heavy atom. The van der Waals surface area contributed by atoms with Crippen LogP contribution in [0.15, 0.2) is 30.7 Å². The van der Waals surface area contributed by atoms with Gasteiger partial charge in [-0.3, -0.25) is 4.57 Å². The van der Waals surface area contributed by atoms with Crippen LogP contribution in [0.5, 0.6) is 0 Å². The van der Waals surface area contributed by atoms with Crippen LogP contribution in [-0.2, 0) is 0 Å². The molecular weight excluding hydrogens is 176 g/mol. The van der Waals surface area contributed by atoms with Gasteiger partial charge in [0.2, 0.25) is 0 Å². The molecule has 0 amide bonds. The Hall–Kier alpha value is -1.84. The Kier molecular flexibility index (Phi) is 2.18. The molecule has 0 aromatic carbocycles. The molecule has 2 heterocycles. The van der Waals surface area contributed by atoms with Crippen molar-refractivity contribution in [2.75, 3.05) is 12.4 Å². The number of aromatic nitrogens is 3. The van der Waals surface area contributed by atoms with E-state index in [9.17, 15) is 0 Å². The zero-order chi connectivity index (χ0) is 9.97. The number of anilines is 1. The lowest BCUT2D eigenvalue weighted by atomic mass is 10.4. The molecule has 4 heteroatoms. The fourth-order valence-electron chi connectivity index (χ4n) is 1.30. The highest BCUT2D eigenvalue weighted by atomic mass is 15.1. The van der Waals surface area contributed by atoms with Crippen molar-refractivity contribution < 1.29 is 0 Å². The fourth-order valence-corrected chi connectivity index (χ4v) is 1.30. The number of nitrogens with one attached hydrogen (secondary N) is 1.